The second-order valence-electron chi connectivity index (χ2n) is 32.8. The topological polar surface area (TPSA) is 318 Å². The lowest BCUT2D eigenvalue weighted by Crippen LogP contribution is -2.55. The van der Waals surface area contributed by atoms with E-state index in [1.165, 1.54) is 36.8 Å². The van der Waals surface area contributed by atoms with Crippen LogP contribution in [0.5, 0.6) is 0 Å². The number of carbonyl (C=O) groups is 3. The van der Waals surface area contributed by atoms with Crippen LogP contribution in [0, 0.1) is 38.2 Å². The van der Waals surface area contributed by atoms with Crippen LogP contribution in [0.2, 0.25) is 0 Å². The monoisotopic (exact) mass is 1750 g/mol. The molecule has 6 aliphatic rings. The van der Waals surface area contributed by atoms with Crippen molar-refractivity contribution in [3.05, 3.63) is 241 Å². The number of aromatic nitrogens is 14. The van der Waals surface area contributed by atoms with Crippen LogP contribution in [-0.2, 0) is 36.0 Å². The lowest BCUT2D eigenvalue weighted by molar-refractivity contribution is -0.137. The van der Waals surface area contributed by atoms with Gasteiger partial charge in [-0.3, -0.25) is 40.5 Å². The Hall–Kier alpha value is -12.5. The molecule has 6 saturated heterocycles. The van der Waals surface area contributed by atoms with Crippen LogP contribution in [0.15, 0.2) is 189 Å². The number of likely N-dealkylation sites (N-methyl/N-ethyl adjacent to an activating group) is 1. The highest BCUT2D eigenvalue weighted by Gasteiger charge is 2.47. The predicted octanol–water partition coefficient (Wildman–Crippen LogP) is 10.5. The van der Waals surface area contributed by atoms with Gasteiger partial charge in [-0.05, 0) is 94.5 Å². The molecule has 3 aromatic carbocycles. The summed E-state index contributed by atoms with van der Waals surface area (Å²) >= 11 is 0. The van der Waals surface area contributed by atoms with Crippen molar-refractivity contribution < 1.29 is 59.7 Å². The molecule has 6 aliphatic heterocycles. The molecule has 7 N–H and O–H groups in total. The molecule has 32 nitrogen and oxygen atoms in total. The highest BCUT2D eigenvalue weighted by molar-refractivity contribution is 5.93. The van der Waals surface area contributed by atoms with Gasteiger partial charge in [-0.15, -0.1) is 0 Å². The number of halogens is 6. The van der Waals surface area contributed by atoms with Crippen molar-refractivity contribution in [1.82, 2.24) is 109 Å². The lowest BCUT2D eigenvalue weighted by Gasteiger charge is -2.40. The smallest absolute Gasteiger partial charge is 0.320 e. The van der Waals surface area contributed by atoms with Crippen LogP contribution in [0.25, 0.3) is 50.8 Å². The molecular weight excluding hydrogens is 1650 g/mol. The summed E-state index contributed by atoms with van der Waals surface area (Å²) in [5.41, 5.74) is 3.65. The summed E-state index contributed by atoms with van der Waals surface area (Å²) in [6.45, 7) is 13.9. The Morgan fingerprint density at radius 3 is 1.06 bits per heavy atom. The number of nitrogens with one attached hydrogen (secondary N) is 7. The Balaban J connectivity index is 0.000000140. The summed E-state index contributed by atoms with van der Waals surface area (Å²) in [5.74, 6) is 0.748. The third kappa shape index (κ3) is 19.6. The highest BCUT2D eigenvalue weighted by Crippen LogP contribution is 2.40. The number of benzene rings is 3. The number of ether oxygens (including phenoxy) is 4. The number of urea groups is 3. The largest absolute Gasteiger partial charge is 0.383 e. The van der Waals surface area contributed by atoms with Gasteiger partial charge in [0.2, 0.25) is 0 Å². The van der Waals surface area contributed by atoms with E-state index >= 15 is 4.39 Å². The minimum atomic E-state index is -1.56. The number of anilines is 3. The number of hydrogen-bond acceptors (Lipinski definition) is 20. The molecule has 6 fully saturated rings. The van der Waals surface area contributed by atoms with E-state index < -0.39 is 35.1 Å². The predicted molar refractivity (Wildman–Crippen MR) is 463 cm³/mol. The Labute approximate surface area is 729 Å². The number of para-hydroxylation sites is 3. The van der Waals surface area contributed by atoms with Crippen molar-refractivity contribution in [2.45, 2.75) is 74.0 Å². The minimum absolute atomic E-state index is 0.00451. The third-order valence-corrected chi connectivity index (χ3v) is 23.8. The second-order valence-corrected chi connectivity index (χ2v) is 32.8. The normalized spacial score (nSPS) is 20.0. The molecule has 0 saturated carbocycles. The highest BCUT2D eigenvalue weighted by atomic mass is 19.2. The maximum absolute atomic E-state index is 15.1. The zero-order chi connectivity index (χ0) is 88.7. The number of carbonyl (C=O) groups excluding carboxylic acids is 3. The number of alkyl halides is 3. The fourth-order valence-electron chi connectivity index (χ4n) is 16.9. The van der Waals surface area contributed by atoms with E-state index in [1.54, 1.807) is 111 Å². The first-order valence-corrected chi connectivity index (χ1v) is 41.9. The minimum Gasteiger partial charge on any atom is -0.383 e. The van der Waals surface area contributed by atoms with Gasteiger partial charge in [-0.2, -0.15) is 15.3 Å². The second kappa shape index (κ2) is 38.3. The van der Waals surface area contributed by atoms with Crippen molar-refractivity contribution in [1.29, 1.82) is 0 Å². The molecule has 12 aromatic rings. The van der Waals surface area contributed by atoms with Gasteiger partial charge in [0.1, 0.15) is 46.3 Å². The molecule has 9 aromatic heterocycles. The van der Waals surface area contributed by atoms with Gasteiger partial charge in [0.05, 0.1) is 97.7 Å². The van der Waals surface area contributed by atoms with Crippen molar-refractivity contribution in [3.8, 4) is 50.8 Å². The summed E-state index contributed by atoms with van der Waals surface area (Å²) < 4.78 is 117. The van der Waals surface area contributed by atoms with E-state index in [1.807, 2.05) is 124 Å². The van der Waals surface area contributed by atoms with Crippen LogP contribution >= 0.6 is 0 Å². The Morgan fingerprint density at radius 2 is 0.780 bits per heavy atom. The summed E-state index contributed by atoms with van der Waals surface area (Å²) in [5, 5.41) is 35.6. The molecule has 38 heteroatoms. The number of nitrogens with zero attached hydrogens (tertiary/aromatic N) is 18. The van der Waals surface area contributed by atoms with E-state index in [2.05, 4.69) is 76.8 Å². The third-order valence-electron chi connectivity index (χ3n) is 23.8. The Morgan fingerprint density at radius 1 is 0.441 bits per heavy atom. The number of rotatable bonds is 27. The first kappa shape index (κ1) is 87.9. The SMILES string of the molecule is COCCN1CC(NC(=O)Nc2c(C)c(-c3ccc(C4(F)COC4)nc3)nn2-c2ccccc2)C(n2ccc(F)c2)C1.COCCN1CC(NC(=O)Nc2c(C)c(-c3cnc(C4(F)CN(C)C4)nc3)nn2-c2ccccc2)C(n2ccc(F)c2)C1.COCCN1CC(NC(=O)Nc2c(C)c(-c3cnc(C4(F)CNC4)nc3)nn2-c2ccccc2)C(n2ccc(F)c2)C1. The number of hydrogen-bond donors (Lipinski definition) is 7. The average Bonchev–Trinajstić information content (AvgIpc) is 1.75. The van der Waals surface area contributed by atoms with Crippen LogP contribution < -0.4 is 37.2 Å². The van der Waals surface area contributed by atoms with Crippen molar-refractivity contribution in [3.63, 3.8) is 0 Å². The van der Waals surface area contributed by atoms with Gasteiger partial charge in [-0.25, -0.2) is 74.7 Å². The van der Waals surface area contributed by atoms with E-state index in [4.69, 9.17) is 34.2 Å². The van der Waals surface area contributed by atoms with Gasteiger partial charge in [0, 0.05) is 208 Å². The maximum Gasteiger partial charge on any atom is 0.320 e. The van der Waals surface area contributed by atoms with Crippen LogP contribution in [-0.4, -0.2) is 270 Å². The van der Waals surface area contributed by atoms with Crippen LogP contribution in [0.4, 0.5) is 58.2 Å². The zero-order valence-electron chi connectivity index (χ0n) is 71.3. The summed E-state index contributed by atoms with van der Waals surface area (Å²) in [4.78, 5) is 70.5. The Bertz CT molecular complexity index is 5520. The summed E-state index contributed by atoms with van der Waals surface area (Å²) in [6, 6.07) is 33.5. The molecule has 666 valence electrons. The molecular formula is C89H101F6N25O7. The first-order chi connectivity index (χ1) is 61.4. The number of likely N-dealkylation sites (tertiary alicyclic amines) is 4. The molecule has 127 heavy (non-hydrogen) atoms. The first-order valence-electron chi connectivity index (χ1n) is 41.9. The van der Waals surface area contributed by atoms with Gasteiger partial charge >= 0.3 is 18.1 Å². The summed E-state index contributed by atoms with van der Waals surface area (Å²) in [7, 11) is 6.79. The van der Waals surface area contributed by atoms with E-state index in [-0.39, 0.29) is 105 Å². The number of pyridine rings is 1. The number of amides is 6. The fraction of sp³-hybridized carbons (Fsp3) is 0.382. The lowest BCUT2D eigenvalue weighted by atomic mass is 9.96. The molecule has 0 bridgehead atoms. The maximum atomic E-state index is 15.1. The molecule has 0 radical (unpaired) electrons. The standard InChI is InChI=1S/C30H35F2N9O2.C30H33F2N7O3.C29H33F2N9O2/c1-20-26(21-13-33-28(34-14-21)30(32)18-38(2)19-30)37-41(23-7-5-4-6-8-23)27(20)36-29(42)35-24-16-39(11-12-43-3)17-25(24)40-10-9-22(31)15-40;1-20-27(21-8-9-26(33-14-21)30(32)18-42-19-30)36-39(23-6-4-3-5-7-23)28(20)35-29(40)34-24-16-37(12-13-41-2)17-25(24)38-11-10-22(31)15-38;1-19-25(20-12-33-27(34-13-20)29(31)17-32-18-29)37-40(22-6-4-3-5-7-22)26(19)36-28(41)35-23-15-38(10-11-42-2)16-24(23)39-9-8-21(30)14-39/h4-10,13-15,24-25H,11-12,16-19H2,1-3H3,(H2,35,36,42);3-11,14-15,24-25H,12-13,16-19H2,1-2H3,(H2,34,35,40);3-9,12-14,23-24,32H,10-11,15-18H2,1-2H3,(H2,35,36,41). The van der Waals surface area contributed by atoms with E-state index in [0.717, 1.165) is 22.6 Å². The molecule has 0 spiro atoms. The van der Waals surface area contributed by atoms with Gasteiger partial charge in [0.25, 0.3) is 0 Å². The van der Waals surface area contributed by atoms with Crippen LogP contribution in [0.1, 0.15) is 52.2 Å². The van der Waals surface area contributed by atoms with Gasteiger partial charge < -0.3 is 53.9 Å². The van der Waals surface area contributed by atoms with Gasteiger partial charge in [0.15, 0.2) is 28.7 Å². The van der Waals surface area contributed by atoms with Crippen molar-refractivity contribution >= 4 is 35.5 Å². The fourth-order valence-corrected chi connectivity index (χ4v) is 16.9. The van der Waals surface area contributed by atoms with E-state index in [0.29, 0.717) is 147 Å². The molecule has 6 atom stereocenters. The van der Waals surface area contributed by atoms with E-state index in [9.17, 15) is 36.3 Å². The van der Waals surface area contributed by atoms with Crippen molar-refractivity contribution in [2.24, 2.45) is 0 Å². The zero-order valence-corrected chi connectivity index (χ0v) is 71.3. The average molecular weight is 1750 g/mol. The molecule has 6 unspecified atom stereocenters. The Kier molecular flexibility index (Phi) is 26.5. The molecule has 0 aliphatic carbocycles. The van der Waals surface area contributed by atoms with Crippen LogP contribution in [0.3, 0.4) is 0 Å². The summed E-state index contributed by atoms with van der Waals surface area (Å²) in [6.07, 6.45) is 17.3. The molecule has 6 amide bonds. The van der Waals surface area contributed by atoms with Crippen molar-refractivity contribution in [2.75, 3.05) is 162 Å². The molecule has 18 rings (SSSR count). The van der Waals surface area contributed by atoms with Gasteiger partial charge in [-0.1, -0.05) is 54.6 Å². The quantitative estimate of drug-likeness (QED) is 0.0235. The molecule has 15 heterocycles. The number of methoxy groups -OCH3 is 3.